The van der Waals surface area contributed by atoms with Crippen LogP contribution in [0.25, 0.3) is 0 Å². The molecule has 0 spiro atoms. The molecular weight excluding hydrogens is 252 g/mol. The molecule has 20 heavy (non-hydrogen) atoms. The number of piperazine rings is 1. The molecule has 110 valence electrons. The van der Waals surface area contributed by atoms with Gasteiger partial charge in [0.05, 0.1) is 6.54 Å². The Hall–Kier alpha value is -1.62. The summed E-state index contributed by atoms with van der Waals surface area (Å²) in [6, 6.07) is 5.98. The Morgan fingerprint density at radius 1 is 1.20 bits per heavy atom. The zero-order valence-electron chi connectivity index (χ0n) is 12.5. The highest BCUT2D eigenvalue weighted by atomic mass is 16.2. The van der Waals surface area contributed by atoms with Crippen molar-refractivity contribution in [2.24, 2.45) is 0 Å². The molecule has 1 aromatic rings. The fourth-order valence-corrected chi connectivity index (χ4v) is 2.54. The lowest BCUT2D eigenvalue weighted by Gasteiger charge is -2.35. The van der Waals surface area contributed by atoms with Gasteiger partial charge in [-0.25, -0.2) is 4.98 Å². The molecule has 1 amide bonds. The highest BCUT2D eigenvalue weighted by molar-refractivity contribution is 5.78. The van der Waals surface area contributed by atoms with Gasteiger partial charge in [-0.05, 0) is 26.0 Å². The first-order valence-electron chi connectivity index (χ1n) is 7.40. The van der Waals surface area contributed by atoms with Crippen LogP contribution in [0.4, 0.5) is 5.82 Å². The average molecular weight is 276 g/mol. The van der Waals surface area contributed by atoms with Gasteiger partial charge in [-0.3, -0.25) is 9.69 Å². The van der Waals surface area contributed by atoms with E-state index in [1.807, 2.05) is 43.1 Å². The number of hydrogen-bond donors (Lipinski definition) is 0. The minimum Gasteiger partial charge on any atom is -0.354 e. The van der Waals surface area contributed by atoms with Crippen molar-refractivity contribution in [3.63, 3.8) is 0 Å². The second kappa shape index (κ2) is 7.24. The summed E-state index contributed by atoms with van der Waals surface area (Å²) in [5.74, 6) is 1.27. The van der Waals surface area contributed by atoms with Crippen LogP contribution in [0.5, 0.6) is 0 Å². The predicted molar refractivity (Wildman–Crippen MR) is 80.8 cm³/mol. The van der Waals surface area contributed by atoms with Gasteiger partial charge in [0.15, 0.2) is 0 Å². The summed E-state index contributed by atoms with van der Waals surface area (Å²) in [5.41, 5.74) is 0. The van der Waals surface area contributed by atoms with Gasteiger partial charge in [-0.1, -0.05) is 6.07 Å². The molecule has 0 radical (unpaired) electrons. The predicted octanol–water partition coefficient (Wildman–Crippen LogP) is 1.07. The van der Waals surface area contributed by atoms with Crippen LogP contribution in [0.1, 0.15) is 13.8 Å². The third kappa shape index (κ3) is 3.70. The van der Waals surface area contributed by atoms with E-state index in [9.17, 15) is 4.79 Å². The number of carbonyl (C=O) groups excluding carboxylic acids is 1. The summed E-state index contributed by atoms with van der Waals surface area (Å²) in [5, 5.41) is 0. The van der Waals surface area contributed by atoms with Gasteiger partial charge in [0.1, 0.15) is 5.82 Å². The zero-order valence-corrected chi connectivity index (χ0v) is 12.5. The summed E-state index contributed by atoms with van der Waals surface area (Å²) in [6.07, 6.45) is 1.83. The standard InChI is InChI=1S/C15H24N4O/c1-3-18(4-2)15(20)13-17-9-11-19(12-10-17)14-7-5-6-8-16-14/h5-8H,3-4,9-13H2,1-2H3. The number of rotatable bonds is 5. The lowest BCUT2D eigenvalue weighted by molar-refractivity contribution is -0.132. The smallest absolute Gasteiger partial charge is 0.236 e. The van der Waals surface area contributed by atoms with Crippen LogP contribution in [0.15, 0.2) is 24.4 Å². The summed E-state index contributed by atoms with van der Waals surface area (Å²) >= 11 is 0. The van der Waals surface area contributed by atoms with Gasteiger partial charge in [-0.2, -0.15) is 0 Å². The largest absolute Gasteiger partial charge is 0.354 e. The van der Waals surface area contributed by atoms with Crippen molar-refractivity contribution in [1.82, 2.24) is 14.8 Å². The molecule has 5 heteroatoms. The number of nitrogens with zero attached hydrogens (tertiary/aromatic N) is 4. The molecule has 0 unspecified atom stereocenters. The number of aromatic nitrogens is 1. The Bertz CT molecular complexity index is 411. The van der Waals surface area contributed by atoms with Crippen LogP contribution in [0.2, 0.25) is 0 Å². The van der Waals surface area contributed by atoms with E-state index in [2.05, 4.69) is 14.8 Å². The summed E-state index contributed by atoms with van der Waals surface area (Å²) in [4.78, 5) is 22.9. The lowest BCUT2D eigenvalue weighted by atomic mass is 10.3. The molecule has 1 saturated heterocycles. The van der Waals surface area contributed by atoms with Gasteiger partial charge < -0.3 is 9.80 Å². The SMILES string of the molecule is CCN(CC)C(=O)CN1CCN(c2ccccn2)CC1. The summed E-state index contributed by atoms with van der Waals surface area (Å²) < 4.78 is 0. The molecule has 0 aliphatic carbocycles. The molecular formula is C15H24N4O. The lowest BCUT2D eigenvalue weighted by Crippen LogP contribution is -2.50. The number of likely N-dealkylation sites (N-methyl/N-ethyl adjacent to an activating group) is 1. The summed E-state index contributed by atoms with van der Waals surface area (Å²) in [7, 11) is 0. The maximum Gasteiger partial charge on any atom is 0.236 e. The second-order valence-corrected chi connectivity index (χ2v) is 5.02. The quantitative estimate of drug-likeness (QED) is 0.806. The first-order valence-corrected chi connectivity index (χ1v) is 7.40. The molecule has 1 aromatic heterocycles. The van der Waals surface area contributed by atoms with Crippen LogP contribution in [-0.4, -0.2) is 66.5 Å². The molecule has 2 rings (SSSR count). The van der Waals surface area contributed by atoms with Gasteiger partial charge in [-0.15, -0.1) is 0 Å². The Morgan fingerprint density at radius 2 is 1.90 bits per heavy atom. The molecule has 1 aliphatic heterocycles. The maximum absolute atomic E-state index is 12.1. The van der Waals surface area contributed by atoms with Crippen molar-refractivity contribution >= 4 is 11.7 Å². The van der Waals surface area contributed by atoms with Crippen LogP contribution >= 0.6 is 0 Å². The average Bonchev–Trinajstić information content (AvgIpc) is 2.50. The van der Waals surface area contributed by atoms with Crippen molar-refractivity contribution < 1.29 is 4.79 Å². The first-order chi connectivity index (χ1) is 9.74. The van der Waals surface area contributed by atoms with Gasteiger partial charge in [0.2, 0.25) is 5.91 Å². The van der Waals surface area contributed by atoms with E-state index >= 15 is 0 Å². The van der Waals surface area contributed by atoms with E-state index in [-0.39, 0.29) is 5.91 Å². The van der Waals surface area contributed by atoms with Crippen LogP contribution in [0.3, 0.4) is 0 Å². The first kappa shape index (κ1) is 14.8. The third-order valence-electron chi connectivity index (χ3n) is 3.82. The third-order valence-corrected chi connectivity index (χ3v) is 3.82. The van der Waals surface area contributed by atoms with E-state index in [1.54, 1.807) is 0 Å². The Morgan fingerprint density at radius 3 is 2.45 bits per heavy atom. The van der Waals surface area contributed by atoms with E-state index in [0.717, 1.165) is 45.1 Å². The topological polar surface area (TPSA) is 39.7 Å². The number of amides is 1. The number of hydrogen-bond acceptors (Lipinski definition) is 4. The fraction of sp³-hybridized carbons (Fsp3) is 0.600. The molecule has 0 atom stereocenters. The number of carbonyl (C=O) groups is 1. The molecule has 0 aromatic carbocycles. The van der Waals surface area contributed by atoms with Gasteiger partial charge in [0.25, 0.3) is 0 Å². The van der Waals surface area contributed by atoms with E-state index in [4.69, 9.17) is 0 Å². The highest BCUT2D eigenvalue weighted by Crippen LogP contribution is 2.12. The van der Waals surface area contributed by atoms with E-state index < -0.39 is 0 Å². The Kier molecular flexibility index (Phi) is 5.35. The van der Waals surface area contributed by atoms with Crippen molar-refractivity contribution in [2.45, 2.75) is 13.8 Å². The van der Waals surface area contributed by atoms with Crippen LogP contribution in [0, 0.1) is 0 Å². The monoisotopic (exact) mass is 276 g/mol. The van der Waals surface area contributed by atoms with Gasteiger partial charge >= 0.3 is 0 Å². The molecule has 1 aliphatic rings. The van der Waals surface area contributed by atoms with Crippen LogP contribution < -0.4 is 4.90 Å². The van der Waals surface area contributed by atoms with E-state index in [0.29, 0.717) is 6.54 Å². The maximum atomic E-state index is 12.1. The zero-order chi connectivity index (χ0) is 14.4. The van der Waals surface area contributed by atoms with Crippen molar-refractivity contribution in [2.75, 3.05) is 50.7 Å². The Balaban J connectivity index is 1.81. The second-order valence-electron chi connectivity index (χ2n) is 5.02. The fourth-order valence-electron chi connectivity index (χ4n) is 2.54. The molecule has 2 heterocycles. The molecule has 1 fully saturated rings. The highest BCUT2D eigenvalue weighted by Gasteiger charge is 2.21. The van der Waals surface area contributed by atoms with Crippen molar-refractivity contribution in [1.29, 1.82) is 0 Å². The number of pyridine rings is 1. The van der Waals surface area contributed by atoms with Crippen molar-refractivity contribution in [3.8, 4) is 0 Å². The van der Waals surface area contributed by atoms with Crippen LogP contribution in [-0.2, 0) is 4.79 Å². The minimum atomic E-state index is 0.237. The number of anilines is 1. The molecule has 0 N–H and O–H groups in total. The van der Waals surface area contributed by atoms with Crippen molar-refractivity contribution in [3.05, 3.63) is 24.4 Å². The minimum absolute atomic E-state index is 0.237. The van der Waals surface area contributed by atoms with Gasteiger partial charge in [0, 0.05) is 45.5 Å². The van der Waals surface area contributed by atoms with E-state index in [1.165, 1.54) is 0 Å². The Labute approximate surface area is 121 Å². The molecule has 0 bridgehead atoms. The molecule has 0 saturated carbocycles. The normalized spacial score (nSPS) is 16.2. The summed E-state index contributed by atoms with van der Waals surface area (Å²) in [6.45, 7) is 9.89. The molecule has 5 nitrogen and oxygen atoms in total.